The van der Waals surface area contributed by atoms with Crippen LogP contribution < -0.4 is 15.5 Å². The molecule has 2 aromatic carbocycles. The molecule has 0 radical (unpaired) electrons. The van der Waals surface area contributed by atoms with E-state index in [1.54, 1.807) is 35.4 Å². The number of amides is 2. The van der Waals surface area contributed by atoms with Crippen LogP contribution in [-0.4, -0.2) is 36.4 Å². The van der Waals surface area contributed by atoms with E-state index in [4.69, 9.17) is 16.0 Å². The normalized spacial score (nSPS) is 18.3. The van der Waals surface area contributed by atoms with Gasteiger partial charge in [0, 0.05) is 53.8 Å². The highest BCUT2D eigenvalue weighted by Gasteiger charge is 2.37. The number of rotatable bonds is 7. The van der Waals surface area contributed by atoms with Crippen LogP contribution in [0, 0.1) is 5.92 Å². The lowest BCUT2D eigenvalue weighted by Crippen LogP contribution is -2.39. The maximum Gasteiger partial charge on any atom is 0.419 e. The van der Waals surface area contributed by atoms with Gasteiger partial charge in [-0.1, -0.05) is 35.9 Å². The third kappa shape index (κ3) is 6.40. The third-order valence-corrected chi connectivity index (χ3v) is 8.53. The molecule has 2 aliphatic heterocycles. The summed E-state index contributed by atoms with van der Waals surface area (Å²) < 4.78 is 48.0. The maximum atomic E-state index is 14.1. The van der Waals surface area contributed by atoms with E-state index in [0.29, 0.717) is 60.1 Å². The highest BCUT2D eigenvalue weighted by molar-refractivity contribution is 6.30. The monoisotopic (exact) mass is 610 g/mol. The lowest BCUT2D eigenvalue weighted by molar-refractivity contribution is -0.137. The van der Waals surface area contributed by atoms with Crippen LogP contribution in [0.25, 0.3) is 22.1 Å². The minimum atomic E-state index is -4.53. The van der Waals surface area contributed by atoms with Gasteiger partial charge in [-0.15, -0.1) is 0 Å². The summed E-state index contributed by atoms with van der Waals surface area (Å²) in [6.07, 6.45) is 0.798. The smallest absolute Gasteiger partial charge is 0.419 e. The molecule has 43 heavy (non-hydrogen) atoms. The molecule has 2 amide bonds. The van der Waals surface area contributed by atoms with Crippen LogP contribution in [0.2, 0.25) is 5.02 Å². The number of benzene rings is 2. The Bertz CT molecular complexity index is 1660. The Labute approximate surface area is 251 Å². The van der Waals surface area contributed by atoms with Gasteiger partial charge in [-0.2, -0.15) is 13.2 Å². The minimum absolute atomic E-state index is 0.0342. The number of halogens is 4. The summed E-state index contributed by atoms with van der Waals surface area (Å²) in [7, 11) is 0. The Morgan fingerprint density at radius 3 is 2.60 bits per heavy atom. The first-order valence-corrected chi connectivity index (χ1v) is 14.7. The lowest BCUT2D eigenvalue weighted by Gasteiger charge is -2.34. The van der Waals surface area contributed by atoms with Crippen molar-refractivity contribution in [2.75, 3.05) is 24.5 Å². The van der Waals surface area contributed by atoms with Gasteiger partial charge in [0.25, 0.3) is 0 Å². The van der Waals surface area contributed by atoms with Crippen LogP contribution in [-0.2, 0) is 22.3 Å². The van der Waals surface area contributed by atoms with E-state index in [9.17, 15) is 22.8 Å². The number of carbonyl (C=O) groups is 2. The molecule has 0 spiro atoms. The fraction of sp³-hybridized carbons (Fsp3) is 0.344. The van der Waals surface area contributed by atoms with Gasteiger partial charge in [0.05, 0.1) is 17.7 Å². The summed E-state index contributed by atoms with van der Waals surface area (Å²) in [5.41, 5.74) is 2.71. The summed E-state index contributed by atoms with van der Waals surface area (Å²) in [6, 6.07) is 13.7. The van der Waals surface area contributed by atoms with Gasteiger partial charge in [0.15, 0.2) is 0 Å². The number of fused-ring (bicyclic) bond motifs is 1. The fourth-order valence-electron chi connectivity index (χ4n) is 5.98. The summed E-state index contributed by atoms with van der Waals surface area (Å²) in [5.74, 6) is -0.664. The van der Waals surface area contributed by atoms with Crippen molar-refractivity contribution < 1.29 is 27.2 Å². The predicted molar refractivity (Wildman–Crippen MR) is 158 cm³/mol. The summed E-state index contributed by atoms with van der Waals surface area (Å²) in [6.45, 7) is 2.31. The first kappa shape index (κ1) is 29.2. The van der Waals surface area contributed by atoms with Gasteiger partial charge in [-0.25, -0.2) is 4.98 Å². The standard InChI is InChI=1S/C32H30ClF3N4O3/c33-23-3-1-2-21(13-23)22-14-27(32(34,35)36)30(38-17-22)40-10-8-19(9-11-40)15-37-16-20-4-5-24-26(18-43-28(24)12-20)25-6-7-29(41)39-31(25)42/h1-5,12-14,17-19,25,37H,6-11,15-16H2,(H,39,41,42). The quantitative estimate of drug-likeness (QED) is 0.227. The van der Waals surface area contributed by atoms with Crippen molar-refractivity contribution in [2.24, 2.45) is 5.92 Å². The van der Waals surface area contributed by atoms with Crippen molar-refractivity contribution in [1.29, 1.82) is 0 Å². The van der Waals surface area contributed by atoms with E-state index in [2.05, 4.69) is 15.6 Å². The summed E-state index contributed by atoms with van der Waals surface area (Å²) >= 11 is 6.04. The first-order chi connectivity index (χ1) is 20.7. The van der Waals surface area contributed by atoms with E-state index >= 15 is 0 Å². The molecule has 0 aliphatic carbocycles. The molecule has 1 unspecified atom stereocenters. The molecule has 4 heterocycles. The molecule has 2 aliphatic rings. The Hall–Kier alpha value is -3.89. The fourth-order valence-corrected chi connectivity index (χ4v) is 6.17. The number of nitrogens with zero attached hydrogens (tertiary/aromatic N) is 2. The van der Waals surface area contributed by atoms with Crippen LogP contribution >= 0.6 is 11.6 Å². The SMILES string of the molecule is O=C1CCC(c2coc3cc(CNCC4CCN(c5ncc(-c6cccc(Cl)c6)cc5C(F)(F)F)CC4)ccc23)C(=O)N1. The van der Waals surface area contributed by atoms with E-state index < -0.39 is 17.7 Å². The zero-order valence-corrected chi connectivity index (χ0v) is 24.0. The van der Waals surface area contributed by atoms with Crippen LogP contribution in [0.3, 0.4) is 0 Å². The molecular weight excluding hydrogens is 581 g/mol. The largest absolute Gasteiger partial charge is 0.464 e. The van der Waals surface area contributed by atoms with E-state index in [1.165, 1.54) is 6.20 Å². The molecule has 0 bridgehead atoms. The number of carbonyl (C=O) groups excluding carboxylic acids is 2. The number of imide groups is 1. The number of furan rings is 1. The lowest BCUT2D eigenvalue weighted by atomic mass is 9.90. The molecule has 11 heteroatoms. The van der Waals surface area contributed by atoms with Crippen LogP contribution in [0.4, 0.5) is 19.0 Å². The highest BCUT2D eigenvalue weighted by Crippen LogP contribution is 2.39. The third-order valence-electron chi connectivity index (χ3n) is 8.29. The topological polar surface area (TPSA) is 87.5 Å². The number of nitrogens with one attached hydrogen (secondary N) is 2. The molecule has 7 nitrogen and oxygen atoms in total. The second-order valence-electron chi connectivity index (χ2n) is 11.2. The molecule has 1 atom stereocenters. The number of hydrogen-bond donors (Lipinski definition) is 2. The number of alkyl halides is 3. The van der Waals surface area contributed by atoms with Gasteiger partial charge < -0.3 is 14.6 Å². The zero-order valence-electron chi connectivity index (χ0n) is 23.2. The number of aromatic nitrogens is 1. The van der Waals surface area contributed by atoms with Gasteiger partial charge in [-0.05, 0) is 67.1 Å². The number of piperidine rings is 2. The molecule has 224 valence electrons. The van der Waals surface area contributed by atoms with Gasteiger partial charge in [-0.3, -0.25) is 14.9 Å². The number of pyridine rings is 1. The predicted octanol–water partition coefficient (Wildman–Crippen LogP) is 6.69. The number of anilines is 1. The molecule has 4 aromatic rings. The Balaban J connectivity index is 1.05. The van der Waals surface area contributed by atoms with Crippen molar-refractivity contribution in [1.82, 2.24) is 15.6 Å². The average Bonchev–Trinajstić information content (AvgIpc) is 3.40. The summed E-state index contributed by atoms with van der Waals surface area (Å²) in [4.78, 5) is 29.8. The number of hydrogen-bond acceptors (Lipinski definition) is 6. The average molecular weight is 611 g/mol. The molecule has 2 saturated heterocycles. The van der Waals surface area contributed by atoms with Crippen LogP contribution in [0.1, 0.15) is 48.3 Å². The Kier molecular flexibility index (Phi) is 8.15. The highest BCUT2D eigenvalue weighted by atomic mass is 35.5. The Morgan fingerprint density at radius 1 is 1.05 bits per heavy atom. The van der Waals surface area contributed by atoms with E-state index in [-0.39, 0.29) is 17.6 Å². The van der Waals surface area contributed by atoms with Gasteiger partial charge >= 0.3 is 6.18 Å². The first-order valence-electron chi connectivity index (χ1n) is 14.3. The van der Waals surface area contributed by atoms with Crippen molar-refractivity contribution in [3.63, 3.8) is 0 Å². The second-order valence-corrected chi connectivity index (χ2v) is 11.6. The molecule has 2 aromatic heterocycles. The van der Waals surface area contributed by atoms with Crippen molar-refractivity contribution >= 4 is 40.2 Å². The molecule has 2 fully saturated rings. The van der Waals surface area contributed by atoms with E-state index in [1.807, 2.05) is 18.2 Å². The molecule has 2 N–H and O–H groups in total. The second kappa shape index (κ2) is 12.0. The Morgan fingerprint density at radius 2 is 1.86 bits per heavy atom. The van der Waals surface area contributed by atoms with Gasteiger partial charge in [0.2, 0.25) is 11.8 Å². The molecular formula is C32H30ClF3N4O3. The molecule has 6 rings (SSSR count). The maximum absolute atomic E-state index is 14.1. The van der Waals surface area contributed by atoms with E-state index in [0.717, 1.165) is 42.0 Å². The van der Waals surface area contributed by atoms with Gasteiger partial charge in [0.1, 0.15) is 11.4 Å². The summed E-state index contributed by atoms with van der Waals surface area (Å²) in [5, 5.41) is 7.17. The van der Waals surface area contributed by atoms with Crippen molar-refractivity contribution in [3.8, 4) is 11.1 Å². The minimum Gasteiger partial charge on any atom is -0.464 e. The van der Waals surface area contributed by atoms with Crippen molar-refractivity contribution in [3.05, 3.63) is 82.7 Å². The van der Waals surface area contributed by atoms with Crippen LogP contribution in [0.5, 0.6) is 0 Å². The van der Waals surface area contributed by atoms with Crippen molar-refractivity contribution in [2.45, 2.75) is 44.3 Å². The van der Waals surface area contributed by atoms with Crippen LogP contribution in [0.15, 0.2) is 65.4 Å². The zero-order chi connectivity index (χ0) is 30.1. The molecule has 0 saturated carbocycles.